The lowest BCUT2D eigenvalue weighted by atomic mass is 10.1. The Morgan fingerprint density at radius 3 is 2.92 bits per heavy atom. The summed E-state index contributed by atoms with van der Waals surface area (Å²) >= 11 is 0. The number of aromatic amines is 1. The summed E-state index contributed by atoms with van der Waals surface area (Å²) in [6.45, 7) is 1.44. The number of fused-ring (bicyclic) bond motifs is 1. The molecule has 13 heavy (non-hydrogen) atoms. The summed E-state index contributed by atoms with van der Waals surface area (Å²) in [6.07, 6.45) is 0. The van der Waals surface area contributed by atoms with Gasteiger partial charge < -0.3 is 4.52 Å². The first-order chi connectivity index (χ1) is 6.20. The van der Waals surface area contributed by atoms with Gasteiger partial charge in [0.1, 0.15) is 0 Å². The van der Waals surface area contributed by atoms with Gasteiger partial charge in [0.25, 0.3) is 0 Å². The van der Waals surface area contributed by atoms with Gasteiger partial charge in [-0.25, -0.2) is 9.95 Å². The van der Waals surface area contributed by atoms with E-state index < -0.39 is 5.63 Å². The third kappa shape index (κ3) is 1.07. The highest BCUT2D eigenvalue weighted by molar-refractivity contribution is 6.05. The van der Waals surface area contributed by atoms with Crippen molar-refractivity contribution in [1.82, 2.24) is 5.16 Å². The summed E-state index contributed by atoms with van der Waals surface area (Å²) in [5.41, 5.74) is 0.501. The molecule has 0 aliphatic heterocycles. The van der Waals surface area contributed by atoms with Gasteiger partial charge in [0.05, 0.1) is 10.9 Å². The van der Waals surface area contributed by atoms with Crippen LogP contribution in [0.4, 0.5) is 0 Å². The summed E-state index contributed by atoms with van der Waals surface area (Å²) in [6, 6.07) is 4.92. The Labute approximate surface area is 73.1 Å². The maximum atomic E-state index is 11.1. The number of nitrogens with one attached hydrogen (secondary N) is 1. The third-order valence-electron chi connectivity index (χ3n) is 1.91. The molecule has 66 valence electrons. The van der Waals surface area contributed by atoms with E-state index in [1.807, 2.05) is 0 Å². The largest absolute Gasteiger partial charge is 0.365 e. The van der Waals surface area contributed by atoms with Gasteiger partial charge >= 0.3 is 5.63 Å². The lowest BCUT2D eigenvalue weighted by Crippen LogP contribution is -1.95. The maximum Gasteiger partial charge on any atom is 0.365 e. The smallest absolute Gasteiger partial charge is 0.338 e. The molecular weight excluding hydrogens is 170 g/mol. The monoisotopic (exact) mass is 177 g/mol. The van der Waals surface area contributed by atoms with Crippen LogP contribution in [-0.4, -0.2) is 10.9 Å². The number of H-pyrrole nitrogens is 1. The summed E-state index contributed by atoms with van der Waals surface area (Å²) < 4.78 is 4.57. The Hall–Kier alpha value is -1.84. The van der Waals surface area contributed by atoms with E-state index in [9.17, 15) is 9.59 Å². The lowest BCUT2D eigenvalue weighted by Gasteiger charge is -1.93. The number of benzene rings is 1. The Kier molecular flexibility index (Phi) is 1.55. The van der Waals surface area contributed by atoms with E-state index in [0.29, 0.717) is 16.5 Å². The van der Waals surface area contributed by atoms with Crippen LogP contribution in [0.2, 0.25) is 0 Å². The van der Waals surface area contributed by atoms with Gasteiger partial charge in [-0.3, -0.25) is 4.79 Å². The van der Waals surface area contributed by atoms with Crippen LogP contribution in [0.5, 0.6) is 0 Å². The summed E-state index contributed by atoms with van der Waals surface area (Å²) in [4.78, 5) is 22.1. The standard InChI is InChI=1S/C9H7NO3/c1-5(11)6-3-2-4-7-8(6)10-13-9(7)12/h2-4,10H,1H3. The van der Waals surface area contributed by atoms with Crippen molar-refractivity contribution in [3.63, 3.8) is 0 Å². The molecule has 0 unspecified atom stereocenters. The lowest BCUT2D eigenvalue weighted by molar-refractivity contribution is 0.101. The number of carbonyl (C=O) groups excluding carboxylic acids is 1. The second kappa shape index (κ2) is 2.58. The van der Waals surface area contributed by atoms with Crippen molar-refractivity contribution in [3.8, 4) is 0 Å². The molecule has 0 fully saturated rings. The number of Topliss-reactive ketones (excluding diaryl/α,β-unsaturated/α-hetero) is 1. The molecule has 0 atom stereocenters. The molecule has 0 saturated heterocycles. The fourth-order valence-electron chi connectivity index (χ4n) is 1.28. The van der Waals surface area contributed by atoms with Crippen LogP contribution < -0.4 is 5.63 Å². The van der Waals surface area contributed by atoms with Crippen LogP contribution in [0.25, 0.3) is 10.9 Å². The number of para-hydroxylation sites is 1. The molecule has 2 rings (SSSR count). The van der Waals surface area contributed by atoms with E-state index in [1.54, 1.807) is 18.2 Å². The van der Waals surface area contributed by atoms with E-state index in [4.69, 9.17) is 0 Å². The van der Waals surface area contributed by atoms with Gasteiger partial charge in [-0.1, -0.05) is 6.07 Å². The van der Waals surface area contributed by atoms with E-state index in [2.05, 4.69) is 9.68 Å². The van der Waals surface area contributed by atoms with Crippen molar-refractivity contribution in [3.05, 3.63) is 34.2 Å². The Bertz CT molecular complexity index is 521. The topological polar surface area (TPSA) is 63.1 Å². The second-order valence-corrected chi connectivity index (χ2v) is 2.78. The summed E-state index contributed by atoms with van der Waals surface area (Å²) in [5, 5.41) is 2.84. The predicted octanol–water partition coefficient (Wildman–Crippen LogP) is 1.32. The van der Waals surface area contributed by atoms with Crippen LogP contribution in [0.15, 0.2) is 27.5 Å². The van der Waals surface area contributed by atoms with Gasteiger partial charge in [-0.2, -0.15) is 0 Å². The van der Waals surface area contributed by atoms with Gasteiger partial charge in [-0.15, -0.1) is 0 Å². The van der Waals surface area contributed by atoms with Crippen molar-refractivity contribution >= 4 is 16.7 Å². The molecule has 0 saturated carbocycles. The fourth-order valence-corrected chi connectivity index (χ4v) is 1.28. The number of rotatable bonds is 1. The van der Waals surface area contributed by atoms with Crippen molar-refractivity contribution in [2.24, 2.45) is 0 Å². The average molecular weight is 177 g/mol. The minimum absolute atomic E-state index is 0.0948. The molecule has 1 aromatic carbocycles. The number of carbonyl (C=O) groups is 1. The molecular formula is C9H7NO3. The Morgan fingerprint density at radius 2 is 2.23 bits per heavy atom. The van der Waals surface area contributed by atoms with Gasteiger partial charge in [0.2, 0.25) is 0 Å². The average Bonchev–Trinajstić information content (AvgIpc) is 2.48. The highest BCUT2D eigenvalue weighted by atomic mass is 16.5. The molecule has 0 bridgehead atoms. The maximum absolute atomic E-state index is 11.1. The predicted molar refractivity (Wildman–Crippen MR) is 46.8 cm³/mol. The van der Waals surface area contributed by atoms with Crippen molar-refractivity contribution in [1.29, 1.82) is 0 Å². The number of aromatic nitrogens is 1. The summed E-state index contributed by atoms with van der Waals surface area (Å²) in [7, 11) is 0. The zero-order valence-electron chi connectivity index (χ0n) is 6.96. The van der Waals surface area contributed by atoms with Crippen molar-refractivity contribution < 1.29 is 9.32 Å². The van der Waals surface area contributed by atoms with Crippen LogP contribution in [-0.2, 0) is 0 Å². The Balaban J connectivity index is 2.92. The van der Waals surface area contributed by atoms with Gasteiger partial charge in [0.15, 0.2) is 5.78 Å². The highest BCUT2D eigenvalue weighted by Crippen LogP contribution is 2.13. The first-order valence-electron chi connectivity index (χ1n) is 3.81. The van der Waals surface area contributed by atoms with Crippen LogP contribution >= 0.6 is 0 Å². The van der Waals surface area contributed by atoms with Crippen molar-refractivity contribution in [2.75, 3.05) is 0 Å². The molecule has 1 aromatic heterocycles. The fraction of sp³-hybridized carbons (Fsp3) is 0.111. The molecule has 4 heteroatoms. The molecule has 0 aliphatic carbocycles. The molecule has 0 aliphatic rings. The first kappa shape index (κ1) is 7.79. The third-order valence-corrected chi connectivity index (χ3v) is 1.91. The van der Waals surface area contributed by atoms with Crippen LogP contribution in [0.1, 0.15) is 17.3 Å². The zero-order valence-corrected chi connectivity index (χ0v) is 6.96. The minimum Gasteiger partial charge on any atom is -0.338 e. The molecule has 1 N–H and O–H groups in total. The molecule has 0 amide bonds. The Morgan fingerprint density at radius 1 is 1.46 bits per heavy atom. The molecule has 4 nitrogen and oxygen atoms in total. The minimum atomic E-state index is -0.446. The van der Waals surface area contributed by atoms with E-state index in [-0.39, 0.29) is 5.78 Å². The van der Waals surface area contributed by atoms with E-state index in [1.165, 1.54) is 6.92 Å². The van der Waals surface area contributed by atoms with Crippen LogP contribution in [0, 0.1) is 0 Å². The molecule has 2 aromatic rings. The molecule has 1 heterocycles. The second-order valence-electron chi connectivity index (χ2n) is 2.78. The SMILES string of the molecule is CC(=O)c1cccc2c(=O)o[nH]c12. The normalized spacial score (nSPS) is 10.5. The zero-order chi connectivity index (χ0) is 9.42. The highest BCUT2D eigenvalue weighted by Gasteiger charge is 2.09. The van der Waals surface area contributed by atoms with E-state index in [0.717, 1.165) is 0 Å². The van der Waals surface area contributed by atoms with E-state index >= 15 is 0 Å². The quantitative estimate of drug-likeness (QED) is 0.668. The van der Waals surface area contributed by atoms with Crippen LogP contribution in [0.3, 0.4) is 0 Å². The number of ketones is 1. The van der Waals surface area contributed by atoms with Gasteiger partial charge in [0, 0.05) is 5.56 Å². The number of hydrogen-bond donors (Lipinski definition) is 1. The van der Waals surface area contributed by atoms with Crippen molar-refractivity contribution in [2.45, 2.75) is 6.92 Å². The van der Waals surface area contributed by atoms with Gasteiger partial charge in [-0.05, 0) is 19.1 Å². The summed E-state index contributed by atoms with van der Waals surface area (Å²) in [5.74, 6) is -0.0948. The molecule has 0 radical (unpaired) electrons. The first-order valence-corrected chi connectivity index (χ1v) is 3.81. The molecule has 0 spiro atoms. The number of hydrogen-bond acceptors (Lipinski definition) is 3.